The molecule has 2 aromatic carbocycles. The van der Waals surface area contributed by atoms with Gasteiger partial charge in [-0.1, -0.05) is 56.5 Å². The van der Waals surface area contributed by atoms with E-state index in [1.165, 1.54) is 0 Å². The van der Waals surface area contributed by atoms with E-state index in [0.717, 1.165) is 62.9 Å². The molecule has 3 rings (SSSR count). The standard InChI is InChI=1S/C26H35N3O2/c1-3-4-5-9-14-25(30)28-22-15-16-24(29-17-10-11-18-29)23(19-22)26(31)27-20(2)21-12-7-6-8-13-21/h6-8,12-13,15-16,19-20H,3-5,9-11,14,17-18H2,1-2H3,(H,27,31)(H,28,30)/t20-/m1/s1. The lowest BCUT2D eigenvalue weighted by atomic mass is 10.1. The van der Waals surface area contributed by atoms with Gasteiger partial charge in [-0.3, -0.25) is 9.59 Å². The Kier molecular flexibility index (Phi) is 8.51. The van der Waals surface area contributed by atoms with E-state index in [1.54, 1.807) is 0 Å². The molecule has 1 aliphatic rings. The Morgan fingerprint density at radius 3 is 2.45 bits per heavy atom. The van der Waals surface area contributed by atoms with Gasteiger partial charge in [0.15, 0.2) is 0 Å². The molecule has 1 atom stereocenters. The van der Waals surface area contributed by atoms with Crippen molar-refractivity contribution in [3.63, 3.8) is 0 Å². The van der Waals surface area contributed by atoms with Gasteiger partial charge in [0.2, 0.25) is 5.91 Å². The highest BCUT2D eigenvalue weighted by atomic mass is 16.2. The lowest BCUT2D eigenvalue weighted by Crippen LogP contribution is -2.29. The second-order valence-corrected chi connectivity index (χ2v) is 8.39. The van der Waals surface area contributed by atoms with Crippen LogP contribution in [0.4, 0.5) is 11.4 Å². The predicted octanol–water partition coefficient (Wildman–Crippen LogP) is 5.69. The Morgan fingerprint density at radius 2 is 1.74 bits per heavy atom. The summed E-state index contributed by atoms with van der Waals surface area (Å²) in [7, 11) is 0. The second kappa shape index (κ2) is 11.5. The molecule has 166 valence electrons. The van der Waals surface area contributed by atoms with Crippen LogP contribution in [0.1, 0.15) is 80.8 Å². The minimum absolute atomic E-state index is 0.00837. The molecular formula is C26H35N3O2. The quantitative estimate of drug-likeness (QED) is 0.485. The number of unbranched alkanes of at least 4 members (excludes halogenated alkanes) is 3. The van der Waals surface area contributed by atoms with Gasteiger partial charge in [-0.05, 0) is 49.9 Å². The van der Waals surface area contributed by atoms with Crippen molar-refractivity contribution in [2.45, 2.75) is 64.8 Å². The van der Waals surface area contributed by atoms with Gasteiger partial charge in [0.05, 0.1) is 11.6 Å². The zero-order valence-corrected chi connectivity index (χ0v) is 18.8. The van der Waals surface area contributed by atoms with Crippen LogP contribution in [0.15, 0.2) is 48.5 Å². The van der Waals surface area contributed by atoms with Crippen LogP contribution in [0.3, 0.4) is 0 Å². The minimum atomic E-state index is -0.114. The van der Waals surface area contributed by atoms with Gasteiger partial charge in [0.1, 0.15) is 0 Å². The molecule has 2 amide bonds. The number of nitrogens with zero attached hydrogens (tertiary/aromatic N) is 1. The van der Waals surface area contributed by atoms with E-state index in [2.05, 4.69) is 22.5 Å². The molecule has 0 aromatic heterocycles. The van der Waals surface area contributed by atoms with E-state index < -0.39 is 0 Å². The molecule has 5 nitrogen and oxygen atoms in total. The van der Waals surface area contributed by atoms with Crippen molar-refractivity contribution in [2.24, 2.45) is 0 Å². The van der Waals surface area contributed by atoms with E-state index in [0.29, 0.717) is 17.7 Å². The maximum atomic E-state index is 13.2. The van der Waals surface area contributed by atoms with E-state index in [-0.39, 0.29) is 17.9 Å². The first kappa shape index (κ1) is 22.9. The molecule has 2 N–H and O–H groups in total. The number of anilines is 2. The van der Waals surface area contributed by atoms with Gasteiger partial charge in [-0.15, -0.1) is 0 Å². The lowest BCUT2D eigenvalue weighted by molar-refractivity contribution is -0.116. The molecule has 31 heavy (non-hydrogen) atoms. The largest absolute Gasteiger partial charge is 0.371 e. The number of benzene rings is 2. The van der Waals surface area contributed by atoms with Crippen molar-refractivity contribution < 1.29 is 9.59 Å². The second-order valence-electron chi connectivity index (χ2n) is 8.39. The third-order valence-electron chi connectivity index (χ3n) is 5.88. The van der Waals surface area contributed by atoms with Crippen LogP contribution in [-0.2, 0) is 4.79 Å². The van der Waals surface area contributed by atoms with Crippen molar-refractivity contribution >= 4 is 23.2 Å². The van der Waals surface area contributed by atoms with Crippen LogP contribution in [-0.4, -0.2) is 24.9 Å². The number of hydrogen-bond acceptors (Lipinski definition) is 3. The SMILES string of the molecule is CCCCCCC(=O)Nc1ccc(N2CCCC2)c(C(=O)N[C@H](C)c2ccccc2)c1. The highest BCUT2D eigenvalue weighted by Gasteiger charge is 2.21. The molecule has 0 radical (unpaired) electrons. The summed E-state index contributed by atoms with van der Waals surface area (Å²) in [6.07, 6.45) is 7.06. The molecule has 5 heteroatoms. The van der Waals surface area contributed by atoms with Crippen LogP contribution in [0.5, 0.6) is 0 Å². The Morgan fingerprint density at radius 1 is 1.00 bits per heavy atom. The lowest BCUT2D eigenvalue weighted by Gasteiger charge is -2.23. The number of nitrogens with one attached hydrogen (secondary N) is 2. The Bertz CT molecular complexity index is 860. The summed E-state index contributed by atoms with van der Waals surface area (Å²) >= 11 is 0. The van der Waals surface area contributed by atoms with E-state index >= 15 is 0 Å². The maximum Gasteiger partial charge on any atom is 0.253 e. The fraction of sp³-hybridized carbons (Fsp3) is 0.462. The summed E-state index contributed by atoms with van der Waals surface area (Å²) in [5.41, 5.74) is 3.31. The number of rotatable bonds is 10. The third kappa shape index (κ3) is 6.58. The minimum Gasteiger partial charge on any atom is -0.371 e. The van der Waals surface area contributed by atoms with Crippen molar-refractivity contribution in [1.82, 2.24) is 5.32 Å². The topological polar surface area (TPSA) is 61.4 Å². The van der Waals surface area contributed by atoms with Gasteiger partial charge in [0.25, 0.3) is 5.91 Å². The number of carbonyl (C=O) groups excluding carboxylic acids is 2. The predicted molar refractivity (Wildman–Crippen MR) is 128 cm³/mol. The summed E-state index contributed by atoms with van der Waals surface area (Å²) in [4.78, 5) is 27.8. The van der Waals surface area contributed by atoms with Crippen LogP contribution >= 0.6 is 0 Å². The molecule has 0 spiro atoms. The van der Waals surface area contributed by atoms with Crippen molar-refractivity contribution in [1.29, 1.82) is 0 Å². The molecule has 1 aliphatic heterocycles. The fourth-order valence-corrected chi connectivity index (χ4v) is 4.06. The molecule has 1 saturated heterocycles. The average Bonchev–Trinajstić information content (AvgIpc) is 3.32. The monoisotopic (exact) mass is 421 g/mol. The summed E-state index contributed by atoms with van der Waals surface area (Å²) in [5.74, 6) is -0.105. The number of carbonyl (C=O) groups is 2. The summed E-state index contributed by atoms with van der Waals surface area (Å²) in [6.45, 7) is 6.06. The van der Waals surface area contributed by atoms with Gasteiger partial charge < -0.3 is 15.5 Å². The summed E-state index contributed by atoms with van der Waals surface area (Å²) in [6, 6.07) is 15.6. The summed E-state index contributed by atoms with van der Waals surface area (Å²) in [5, 5.41) is 6.11. The third-order valence-corrected chi connectivity index (χ3v) is 5.88. The molecular weight excluding hydrogens is 386 g/mol. The summed E-state index contributed by atoms with van der Waals surface area (Å²) < 4.78 is 0. The van der Waals surface area contributed by atoms with Crippen molar-refractivity contribution in [3.8, 4) is 0 Å². The Hall–Kier alpha value is -2.82. The van der Waals surface area contributed by atoms with Crippen molar-refractivity contribution in [2.75, 3.05) is 23.3 Å². The molecule has 1 heterocycles. The molecule has 0 saturated carbocycles. The van der Waals surface area contributed by atoms with Crippen LogP contribution < -0.4 is 15.5 Å². The van der Waals surface area contributed by atoms with Gasteiger partial charge in [-0.25, -0.2) is 0 Å². The van der Waals surface area contributed by atoms with E-state index in [1.807, 2.05) is 55.5 Å². The zero-order chi connectivity index (χ0) is 22.1. The van der Waals surface area contributed by atoms with Gasteiger partial charge in [-0.2, -0.15) is 0 Å². The van der Waals surface area contributed by atoms with E-state index in [9.17, 15) is 9.59 Å². The first-order valence-electron chi connectivity index (χ1n) is 11.6. The maximum absolute atomic E-state index is 13.2. The van der Waals surface area contributed by atoms with Crippen LogP contribution in [0.25, 0.3) is 0 Å². The highest BCUT2D eigenvalue weighted by molar-refractivity contribution is 6.02. The van der Waals surface area contributed by atoms with Gasteiger partial charge >= 0.3 is 0 Å². The molecule has 0 bridgehead atoms. The molecule has 0 unspecified atom stereocenters. The highest BCUT2D eigenvalue weighted by Crippen LogP contribution is 2.28. The van der Waals surface area contributed by atoms with Gasteiger partial charge in [0, 0.05) is 30.9 Å². The number of hydrogen-bond donors (Lipinski definition) is 2. The normalized spacial score (nSPS) is 14.3. The average molecular weight is 422 g/mol. The smallest absolute Gasteiger partial charge is 0.253 e. The van der Waals surface area contributed by atoms with Crippen LogP contribution in [0.2, 0.25) is 0 Å². The van der Waals surface area contributed by atoms with E-state index in [4.69, 9.17) is 0 Å². The number of amides is 2. The fourth-order valence-electron chi connectivity index (χ4n) is 4.06. The molecule has 2 aromatic rings. The molecule has 0 aliphatic carbocycles. The van der Waals surface area contributed by atoms with Crippen LogP contribution in [0, 0.1) is 0 Å². The first-order valence-corrected chi connectivity index (χ1v) is 11.6. The van der Waals surface area contributed by atoms with Crippen molar-refractivity contribution in [3.05, 3.63) is 59.7 Å². The zero-order valence-electron chi connectivity index (χ0n) is 18.8. The molecule has 1 fully saturated rings. The first-order chi connectivity index (χ1) is 15.1. The Labute approximate surface area is 186 Å². The Balaban J connectivity index is 1.74.